The highest BCUT2D eigenvalue weighted by atomic mass is 79.9. The first-order valence-electron chi connectivity index (χ1n) is 6.66. The fourth-order valence-corrected chi connectivity index (χ4v) is 2.69. The van der Waals surface area contributed by atoms with E-state index in [1.807, 2.05) is 32.0 Å². The van der Waals surface area contributed by atoms with E-state index in [0.29, 0.717) is 17.2 Å². The molecule has 1 aromatic carbocycles. The fraction of sp³-hybridized carbons (Fsp3) is 0.267. The van der Waals surface area contributed by atoms with Crippen LogP contribution >= 0.6 is 15.9 Å². The molecule has 0 amide bonds. The summed E-state index contributed by atoms with van der Waals surface area (Å²) in [6.07, 6.45) is 1.65. The minimum atomic E-state index is -0.104. The number of Topliss-reactive ketones (excluding diaryl/α,β-unsaturated/α-hetero) is 1. The summed E-state index contributed by atoms with van der Waals surface area (Å²) < 4.78 is 8.24. The monoisotopic (exact) mass is 347 g/mol. The van der Waals surface area contributed by atoms with Gasteiger partial charge in [-0.3, -0.25) is 4.79 Å². The van der Waals surface area contributed by atoms with E-state index in [4.69, 9.17) is 4.42 Å². The first-order chi connectivity index (χ1) is 10.1. The van der Waals surface area contributed by atoms with Gasteiger partial charge >= 0.3 is 0 Å². The maximum Gasteiger partial charge on any atom is 0.205 e. The number of hydrogen-bond donors (Lipinski definition) is 0. The van der Waals surface area contributed by atoms with Crippen LogP contribution in [-0.4, -0.2) is 20.5 Å². The third kappa shape index (κ3) is 2.63. The summed E-state index contributed by atoms with van der Waals surface area (Å²) in [5.41, 5.74) is 0.686. The largest absolute Gasteiger partial charge is 0.452 e. The van der Waals surface area contributed by atoms with Gasteiger partial charge in [-0.25, -0.2) is 9.67 Å². The Hall–Kier alpha value is -1.95. The predicted molar refractivity (Wildman–Crippen MR) is 82.4 cm³/mol. The molecule has 0 saturated heterocycles. The topological polar surface area (TPSA) is 60.9 Å². The molecule has 108 valence electrons. The molecule has 0 fully saturated rings. The smallest absolute Gasteiger partial charge is 0.205 e. The van der Waals surface area contributed by atoms with Crippen molar-refractivity contribution in [1.29, 1.82) is 0 Å². The van der Waals surface area contributed by atoms with Crippen LogP contribution in [0.1, 0.15) is 36.3 Å². The first kappa shape index (κ1) is 14.0. The molecule has 0 unspecified atom stereocenters. The van der Waals surface area contributed by atoms with Crippen molar-refractivity contribution in [2.24, 2.45) is 0 Å². The lowest BCUT2D eigenvalue weighted by molar-refractivity contribution is 0.0964. The van der Waals surface area contributed by atoms with Gasteiger partial charge in [-0.05, 0) is 41.9 Å². The highest BCUT2D eigenvalue weighted by Crippen LogP contribution is 2.27. The van der Waals surface area contributed by atoms with Crippen LogP contribution in [0.2, 0.25) is 0 Å². The van der Waals surface area contributed by atoms with E-state index in [0.717, 1.165) is 9.86 Å². The predicted octanol–water partition coefficient (Wildman–Crippen LogP) is 3.79. The number of halogens is 1. The number of benzene rings is 1. The van der Waals surface area contributed by atoms with Gasteiger partial charge in [-0.1, -0.05) is 12.1 Å². The molecule has 2 heterocycles. The second kappa shape index (κ2) is 5.44. The van der Waals surface area contributed by atoms with Crippen LogP contribution in [-0.2, 0) is 6.42 Å². The summed E-state index contributed by atoms with van der Waals surface area (Å²) in [5.74, 6) is 0.887. The van der Waals surface area contributed by atoms with Gasteiger partial charge in [-0.15, -0.1) is 0 Å². The highest BCUT2D eigenvalue weighted by molar-refractivity contribution is 9.10. The Labute approximate surface area is 130 Å². The van der Waals surface area contributed by atoms with Crippen molar-refractivity contribution >= 4 is 32.7 Å². The number of rotatable bonds is 4. The molecule has 0 aliphatic rings. The average Bonchev–Trinajstić information content (AvgIpc) is 3.05. The van der Waals surface area contributed by atoms with Gasteiger partial charge in [0, 0.05) is 11.4 Å². The number of ketones is 1. The van der Waals surface area contributed by atoms with Crippen molar-refractivity contribution in [3.05, 3.63) is 46.7 Å². The Morgan fingerprint density at radius 1 is 1.43 bits per heavy atom. The second-order valence-electron chi connectivity index (χ2n) is 5.08. The number of furan rings is 1. The Bertz CT molecular complexity index is 804. The standard InChI is InChI=1S/C15H14BrN3O2/c1-9(2)19-14(17-8-18-19)7-12(20)13-6-10-4-3-5-11(16)15(10)21-13/h3-6,8-9H,7H2,1-2H3. The van der Waals surface area contributed by atoms with Crippen LogP contribution in [0.25, 0.3) is 11.0 Å². The number of para-hydroxylation sites is 1. The average molecular weight is 348 g/mol. The van der Waals surface area contributed by atoms with Crippen LogP contribution in [0.5, 0.6) is 0 Å². The Morgan fingerprint density at radius 3 is 2.95 bits per heavy atom. The van der Waals surface area contributed by atoms with E-state index in [1.165, 1.54) is 6.33 Å². The van der Waals surface area contributed by atoms with Gasteiger partial charge < -0.3 is 4.42 Å². The SMILES string of the molecule is CC(C)n1ncnc1CC(=O)c1cc2cccc(Br)c2o1. The van der Waals surface area contributed by atoms with Gasteiger partial charge in [-0.2, -0.15) is 5.10 Å². The van der Waals surface area contributed by atoms with Crippen molar-refractivity contribution < 1.29 is 9.21 Å². The minimum absolute atomic E-state index is 0.104. The van der Waals surface area contributed by atoms with Gasteiger partial charge in [0.25, 0.3) is 0 Å². The molecule has 5 nitrogen and oxygen atoms in total. The lowest BCUT2D eigenvalue weighted by atomic mass is 10.2. The summed E-state index contributed by atoms with van der Waals surface area (Å²) in [6, 6.07) is 7.64. The van der Waals surface area contributed by atoms with Crippen molar-refractivity contribution in [1.82, 2.24) is 14.8 Å². The van der Waals surface area contributed by atoms with Gasteiger partial charge in [0.05, 0.1) is 10.9 Å². The van der Waals surface area contributed by atoms with Crippen LogP contribution in [0.15, 0.2) is 39.5 Å². The number of carbonyl (C=O) groups excluding carboxylic acids is 1. The molecule has 0 radical (unpaired) electrons. The summed E-state index contributed by atoms with van der Waals surface area (Å²) in [4.78, 5) is 16.5. The molecule has 3 aromatic rings. The number of carbonyl (C=O) groups is 1. The van der Waals surface area contributed by atoms with E-state index in [9.17, 15) is 4.79 Å². The summed E-state index contributed by atoms with van der Waals surface area (Å²) in [7, 11) is 0. The molecule has 0 spiro atoms. The van der Waals surface area contributed by atoms with Crippen LogP contribution in [0.4, 0.5) is 0 Å². The fourth-order valence-electron chi connectivity index (χ4n) is 2.23. The highest BCUT2D eigenvalue weighted by Gasteiger charge is 2.18. The minimum Gasteiger partial charge on any atom is -0.452 e. The van der Waals surface area contributed by atoms with Gasteiger partial charge in [0.1, 0.15) is 17.7 Å². The zero-order chi connectivity index (χ0) is 15.0. The van der Waals surface area contributed by atoms with Crippen molar-refractivity contribution in [3.63, 3.8) is 0 Å². The first-order valence-corrected chi connectivity index (χ1v) is 7.45. The molecular formula is C15H14BrN3O2. The van der Waals surface area contributed by atoms with Crippen molar-refractivity contribution in [3.8, 4) is 0 Å². The lowest BCUT2D eigenvalue weighted by Crippen LogP contribution is -2.12. The van der Waals surface area contributed by atoms with Gasteiger partial charge in [0.2, 0.25) is 5.78 Å². The van der Waals surface area contributed by atoms with E-state index < -0.39 is 0 Å². The molecule has 2 aromatic heterocycles. The zero-order valence-corrected chi connectivity index (χ0v) is 13.3. The molecule has 3 rings (SSSR count). The number of hydrogen-bond acceptors (Lipinski definition) is 4. The zero-order valence-electron chi connectivity index (χ0n) is 11.7. The van der Waals surface area contributed by atoms with E-state index in [-0.39, 0.29) is 18.2 Å². The van der Waals surface area contributed by atoms with E-state index >= 15 is 0 Å². The quantitative estimate of drug-likeness (QED) is 0.673. The lowest BCUT2D eigenvalue weighted by Gasteiger charge is -2.07. The molecule has 0 aliphatic carbocycles. The van der Waals surface area contributed by atoms with Crippen LogP contribution < -0.4 is 0 Å². The molecule has 21 heavy (non-hydrogen) atoms. The van der Waals surface area contributed by atoms with Crippen LogP contribution in [0.3, 0.4) is 0 Å². The van der Waals surface area contributed by atoms with Crippen LogP contribution in [0, 0.1) is 0 Å². The summed E-state index contributed by atoms with van der Waals surface area (Å²) >= 11 is 3.42. The normalized spacial score (nSPS) is 11.4. The molecule has 0 aliphatic heterocycles. The Balaban J connectivity index is 1.90. The molecule has 0 bridgehead atoms. The third-order valence-corrected chi connectivity index (χ3v) is 3.85. The summed E-state index contributed by atoms with van der Waals surface area (Å²) in [5, 5.41) is 5.04. The molecule has 0 atom stereocenters. The van der Waals surface area contributed by atoms with E-state index in [2.05, 4.69) is 26.0 Å². The second-order valence-corrected chi connectivity index (χ2v) is 5.94. The molecule has 0 saturated carbocycles. The molecule has 0 N–H and O–H groups in total. The number of aromatic nitrogens is 3. The van der Waals surface area contributed by atoms with Crippen molar-refractivity contribution in [2.75, 3.05) is 0 Å². The number of fused-ring (bicyclic) bond motifs is 1. The maximum absolute atomic E-state index is 12.4. The molecular weight excluding hydrogens is 334 g/mol. The Morgan fingerprint density at radius 2 is 2.24 bits per heavy atom. The number of nitrogens with zero attached hydrogens (tertiary/aromatic N) is 3. The van der Waals surface area contributed by atoms with Gasteiger partial charge in [0.15, 0.2) is 5.76 Å². The Kier molecular flexibility index (Phi) is 3.63. The maximum atomic E-state index is 12.4. The summed E-state index contributed by atoms with van der Waals surface area (Å²) in [6.45, 7) is 4.00. The third-order valence-electron chi connectivity index (χ3n) is 3.23. The van der Waals surface area contributed by atoms with Crippen molar-refractivity contribution in [2.45, 2.75) is 26.3 Å². The van der Waals surface area contributed by atoms with E-state index in [1.54, 1.807) is 10.7 Å². The molecule has 6 heteroatoms.